The summed E-state index contributed by atoms with van der Waals surface area (Å²) in [5.41, 5.74) is 6.34. The normalized spacial score (nSPS) is 21.2. The first kappa shape index (κ1) is 14.1. The molecule has 0 radical (unpaired) electrons. The van der Waals surface area contributed by atoms with Crippen LogP contribution in [0, 0.1) is 5.92 Å². The molecular weight excluding hydrogens is 264 g/mol. The summed E-state index contributed by atoms with van der Waals surface area (Å²) in [4.78, 5) is 0. The Labute approximate surface area is 114 Å². The number of benzene rings is 1. The lowest BCUT2D eigenvalue weighted by Crippen LogP contribution is -2.40. The van der Waals surface area contributed by atoms with Gasteiger partial charge in [0.15, 0.2) is 0 Å². The van der Waals surface area contributed by atoms with Crippen molar-refractivity contribution < 1.29 is 13.2 Å². The van der Waals surface area contributed by atoms with E-state index in [1.54, 1.807) is 12.1 Å². The number of nitrogens with two attached hydrogens (primary N) is 1. The van der Waals surface area contributed by atoms with Crippen molar-refractivity contribution >= 4 is 15.7 Å². The van der Waals surface area contributed by atoms with Crippen molar-refractivity contribution in [3.05, 3.63) is 24.3 Å². The largest absolute Gasteiger partial charge is 0.493 e. The van der Waals surface area contributed by atoms with Crippen LogP contribution >= 0.6 is 0 Å². The number of nitrogens with zero attached hydrogens (tertiary/aromatic N) is 1. The van der Waals surface area contributed by atoms with E-state index in [0.29, 0.717) is 25.4 Å². The van der Waals surface area contributed by atoms with E-state index in [1.807, 2.05) is 12.1 Å². The summed E-state index contributed by atoms with van der Waals surface area (Å²) in [6.07, 6.45) is 3.14. The van der Waals surface area contributed by atoms with Gasteiger partial charge in [-0.05, 0) is 25.0 Å². The molecule has 2 rings (SSSR count). The Kier molecular flexibility index (Phi) is 4.31. The molecule has 0 aliphatic carbocycles. The SMILES string of the molecule is CS(=O)(=O)N1CCCC(COc2cccc(N)c2)C1. The summed E-state index contributed by atoms with van der Waals surface area (Å²) in [5, 5.41) is 0. The van der Waals surface area contributed by atoms with E-state index in [-0.39, 0.29) is 5.92 Å². The number of sulfonamides is 1. The fourth-order valence-corrected chi connectivity index (χ4v) is 3.22. The van der Waals surface area contributed by atoms with Crippen molar-refractivity contribution in [2.24, 2.45) is 5.92 Å². The second-order valence-corrected chi connectivity index (χ2v) is 7.00. The van der Waals surface area contributed by atoms with Crippen LogP contribution in [0.5, 0.6) is 5.75 Å². The summed E-state index contributed by atoms with van der Waals surface area (Å²) in [7, 11) is -3.09. The zero-order valence-corrected chi connectivity index (χ0v) is 11.9. The summed E-state index contributed by atoms with van der Waals surface area (Å²) < 4.78 is 30.3. The molecule has 1 atom stereocenters. The quantitative estimate of drug-likeness (QED) is 0.846. The van der Waals surface area contributed by atoms with Gasteiger partial charge in [0.05, 0.1) is 12.9 Å². The third-order valence-electron chi connectivity index (χ3n) is 3.29. The number of nitrogen functional groups attached to an aromatic ring is 1. The lowest BCUT2D eigenvalue weighted by atomic mass is 10.0. The van der Waals surface area contributed by atoms with Gasteiger partial charge in [-0.2, -0.15) is 0 Å². The minimum absolute atomic E-state index is 0.241. The fraction of sp³-hybridized carbons (Fsp3) is 0.538. The van der Waals surface area contributed by atoms with Crippen LogP contribution in [0.3, 0.4) is 0 Å². The lowest BCUT2D eigenvalue weighted by Gasteiger charge is -2.30. The fourth-order valence-electron chi connectivity index (χ4n) is 2.28. The van der Waals surface area contributed by atoms with E-state index in [4.69, 9.17) is 10.5 Å². The number of hydrogen-bond donors (Lipinski definition) is 1. The first-order valence-electron chi connectivity index (χ1n) is 6.38. The van der Waals surface area contributed by atoms with Crippen molar-refractivity contribution in [3.8, 4) is 5.75 Å². The number of anilines is 1. The average Bonchev–Trinajstić information content (AvgIpc) is 2.36. The minimum Gasteiger partial charge on any atom is -0.493 e. The maximum atomic E-state index is 11.5. The maximum Gasteiger partial charge on any atom is 0.211 e. The summed E-state index contributed by atoms with van der Waals surface area (Å²) in [6.45, 7) is 1.68. The van der Waals surface area contributed by atoms with Crippen LogP contribution in [0.2, 0.25) is 0 Å². The molecule has 19 heavy (non-hydrogen) atoms. The second-order valence-electron chi connectivity index (χ2n) is 5.01. The number of ether oxygens (including phenoxy) is 1. The smallest absolute Gasteiger partial charge is 0.211 e. The van der Waals surface area contributed by atoms with Crippen LogP contribution in [0.15, 0.2) is 24.3 Å². The Morgan fingerprint density at radius 3 is 2.95 bits per heavy atom. The molecule has 1 fully saturated rings. The van der Waals surface area contributed by atoms with Gasteiger partial charge in [-0.3, -0.25) is 0 Å². The topological polar surface area (TPSA) is 72.6 Å². The average molecular weight is 284 g/mol. The van der Waals surface area contributed by atoms with E-state index < -0.39 is 10.0 Å². The number of rotatable bonds is 4. The third-order valence-corrected chi connectivity index (χ3v) is 4.56. The predicted molar refractivity (Wildman–Crippen MR) is 75.5 cm³/mol. The third kappa shape index (κ3) is 4.11. The molecule has 1 aromatic carbocycles. The van der Waals surface area contributed by atoms with E-state index in [9.17, 15) is 8.42 Å². The van der Waals surface area contributed by atoms with E-state index in [2.05, 4.69) is 0 Å². The van der Waals surface area contributed by atoms with E-state index in [1.165, 1.54) is 10.6 Å². The highest BCUT2D eigenvalue weighted by Crippen LogP contribution is 2.21. The Hall–Kier alpha value is -1.27. The molecule has 0 amide bonds. The molecular formula is C13H20N2O3S. The van der Waals surface area contributed by atoms with Gasteiger partial charge in [-0.1, -0.05) is 6.07 Å². The zero-order chi connectivity index (χ0) is 13.9. The maximum absolute atomic E-state index is 11.5. The van der Waals surface area contributed by atoms with E-state index in [0.717, 1.165) is 18.6 Å². The molecule has 1 unspecified atom stereocenters. The van der Waals surface area contributed by atoms with Gasteiger partial charge < -0.3 is 10.5 Å². The van der Waals surface area contributed by atoms with Crippen LogP contribution in [-0.4, -0.2) is 38.7 Å². The molecule has 0 spiro atoms. The van der Waals surface area contributed by atoms with Crippen LogP contribution in [-0.2, 0) is 10.0 Å². The Morgan fingerprint density at radius 2 is 2.26 bits per heavy atom. The molecule has 106 valence electrons. The van der Waals surface area contributed by atoms with Crippen LogP contribution in [0.1, 0.15) is 12.8 Å². The highest BCUT2D eigenvalue weighted by Gasteiger charge is 2.26. The van der Waals surface area contributed by atoms with Crippen molar-refractivity contribution in [1.29, 1.82) is 0 Å². The van der Waals surface area contributed by atoms with Crippen LogP contribution < -0.4 is 10.5 Å². The summed E-state index contributed by atoms with van der Waals surface area (Å²) in [6, 6.07) is 7.28. The van der Waals surface area contributed by atoms with Gasteiger partial charge in [-0.15, -0.1) is 0 Å². The van der Waals surface area contributed by atoms with Gasteiger partial charge >= 0.3 is 0 Å². The molecule has 1 aliphatic rings. The molecule has 6 heteroatoms. The summed E-state index contributed by atoms with van der Waals surface area (Å²) in [5.74, 6) is 0.974. The molecule has 1 heterocycles. The number of hydrogen-bond acceptors (Lipinski definition) is 4. The van der Waals surface area contributed by atoms with Crippen molar-refractivity contribution in [2.75, 3.05) is 31.7 Å². The lowest BCUT2D eigenvalue weighted by molar-refractivity contribution is 0.181. The van der Waals surface area contributed by atoms with Gasteiger partial charge in [-0.25, -0.2) is 12.7 Å². The van der Waals surface area contributed by atoms with Crippen molar-refractivity contribution in [1.82, 2.24) is 4.31 Å². The van der Waals surface area contributed by atoms with Crippen LogP contribution in [0.4, 0.5) is 5.69 Å². The molecule has 1 saturated heterocycles. The van der Waals surface area contributed by atoms with Crippen LogP contribution in [0.25, 0.3) is 0 Å². The molecule has 1 aromatic rings. The Morgan fingerprint density at radius 1 is 1.47 bits per heavy atom. The monoisotopic (exact) mass is 284 g/mol. The first-order valence-corrected chi connectivity index (χ1v) is 8.23. The zero-order valence-electron chi connectivity index (χ0n) is 11.1. The summed E-state index contributed by atoms with van der Waals surface area (Å²) >= 11 is 0. The Bertz CT molecular complexity index is 530. The Balaban J connectivity index is 1.89. The van der Waals surface area contributed by atoms with Gasteiger partial charge in [0.25, 0.3) is 0 Å². The first-order chi connectivity index (χ1) is 8.95. The van der Waals surface area contributed by atoms with Crippen molar-refractivity contribution in [3.63, 3.8) is 0 Å². The second kappa shape index (κ2) is 5.79. The molecule has 0 bridgehead atoms. The molecule has 1 aliphatic heterocycles. The molecule has 5 nitrogen and oxygen atoms in total. The van der Waals surface area contributed by atoms with E-state index >= 15 is 0 Å². The minimum atomic E-state index is -3.09. The molecule has 2 N–H and O–H groups in total. The van der Waals surface area contributed by atoms with Gasteiger partial charge in [0, 0.05) is 30.8 Å². The number of piperidine rings is 1. The van der Waals surface area contributed by atoms with Gasteiger partial charge in [0.1, 0.15) is 5.75 Å². The highest BCUT2D eigenvalue weighted by molar-refractivity contribution is 7.88. The highest BCUT2D eigenvalue weighted by atomic mass is 32.2. The molecule has 0 saturated carbocycles. The van der Waals surface area contributed by atoms with Crippen molar-refractivity contribution in [2.45, 2.75) is 12.8 Å². The predicted octanol–water partition coefficient (Wildman–Crippen LogP) is 1.32. The standard InChI is InChI=1S/C13H20N2O3S/c1-19(16,17)15-7-3-4-11(9-15)10-18-13-6-2-5-12(14)8-13/h2,5-6,8,11H,3-4,7,9-10,14H2,1H3. The molecule has 0 aromatic heterocycles. The van der Waals surface area contributed by atoms with Gasteiger partial charge in [0.2, 0.25) is 10.0 Å².